The largest absolute Gasteiger partial charge is 0.494 e. The molecule has 0 amide bonds. The van der Waals surface area contributed by atoms with Crippen molar-refractivity contribution < 1.29 is 14.6 Å². The van der Waals surface area contributed by atoms with Gasteiger partial charge >= 0.3 is 5.97 Å². The van der Waals surface area contributed by atoms with Crippen molar-refractivity contribution in [2.24, 2.45) is 0 Å². The number of hydrogen-bond acceptors (Lipinski definition) is 4. The Hall–Kier alpha value is -2.14. The number of aryl methyl sites for hydroxylation is 1. The van der Waals surface area contributed by atoms with Gasteiger partial charge in [-0.2, -0.15) is 10.2 Å². The number of rotatable bonds is 13. The summed E-state index contributed by atoms with van der Waals surface area (Å²) < 4.78 is 5.84. The molecule has 1 aliphatic rings. The van der Waals surface area contributed by atoms with Gasteiger partial charge in [0.25, 0.3) is 0 Å². The molecule has 1 fully saturated rings. The Morgan fingerprint density at radius 3 is 2.27 bits per heavy atom. The lowest BCUT2D eigenvalue weighted by Gasteiger charge is -2.16. The summed E-state index contributed by atoms with van der Waals surface area (Å²) in [7, 11) is 1.72. The van der Waals surface area contributed by atoms with Crippen LogP contribution in [-0.2, 0) is 11.2 Å². The van der Waals surface area contributed by atoms with E-state index in [9.17, 15) is 4.79 Å². The van der Waals surface area contributed by atoms with Crippen molar-refractivity contribution in [2.75, 3.05) is 7.11 Å². The Kier molecular flexibility index (Phi) is 8.50. The molecule has 1 heterocycles. The minimum absolute atomic E-state index is 0.283. The van der Waals surface area contributed by atoms with Crippen LogP contribution in [-0.4, -0.2) is 28.4 Å². The molecule has 0 spiro atoms. The van der Waals surface area contributed by atoms with Crippen molar-refractivity contribution in [3.8, 4) is 16.9 Å². The van der Waals surface area contributed by atoms with Gasteiger partial charge in [-0.15, -0.1) is 0 Å². The molecule has 1 aliphatic carbocycles. The molecule has 6 heteroatoms. The van der Waals surface area contributed by atoms with Gasteiger partial charge in [0.15, 0.2) is 5.75 Å². The van der Waals surface area contributed by atoms with Gasteiger partial charge in [0.05, 0.1) is 12.8 Å². The van der Waals surface area contributed by atoms with E-state index in [2.05, 4.69) is 10.2 Å². The van der Waals surface area contributed by atoms with Crippen molar-refractivity contribution in [3.63, 3.8) is 0 Å². The summed E-state index contributed by atoms with van der Waals surface area (Å²) in [5.41, 5.74) is 4.11. The Morgan fingerprint density at radius 1 is 1.03 bits per heavy atom. The highest BCUT2D eigenvalue weighted by Crippen LogP contribution is 2.47. The number of aromatic nitrogens is 2. The van der Waals surface area contributed by atoms with Gasteiger partial charge in [0.1, 0.15) is 5.69 Å². The summed E-state index contributed by atoms with van der Waals surface area (Å²) in [6.07, 6.45) is 10.8. The molecule has 3 rings (SSSR count). The smallest absolute Gasteiger partial charge is 0.303 e. The van der Waals surface area contributed by atoms with Gasteiger partial charge in [-0.25, -0.2) is 0 Å². The summed E-state index contributed by atoms with van der Waals surface area (Å²) in [5.74, 6) is 0.630. The highest BCUT2D eigenvalue weighted by molar-refractivity contribution is 6.30. The number of carboxylic acid groups (broad SMARTS) is 1. The van der Waals surface area contributed by atoms with Crippen LogP contribution >= 0.6 is 11.6 Å². The van der Waals surface area contributed by atoms with Gasteiger partial charge in [-0.1, -0.05) is 55.8 Å². The third-order valence-corrected chi connectivity index (χ3v) is 5.88. The monoisotopic (exact) mass is 430 g/mol. The third kappa shape index (κ3) is 6.43. The Balaban J connectivity index is 1.58. The molecule has 0 unspecified atom stereocenters. The molecule has 30 heavy (non-hydrogen) atoms. The number of benzene rings is 1. The minimum atomic E-state index is -0.698. The second kappa shape index (κ2) is 11.3. The summed E-state index contributed by atoms with van der Waals surface area (Å²) in [4.78, 5) is 10.5. The topological polar surface area (TPSA) is 72.3 Å². The fourth-order valence-electron chi connectivity index (χ4n) is 3.84. The predicted octanol–water partition coefficient (Wildman–Crippen LogP) is 6.43. The summed E-state index contributed by atoms with van der Waals surface area (Å²) >= 11 is 6.09. The van der Waals surface area contributed by atoms with Crippen LogP contribution in [0.5, 0.6) is 5.75 Å². The molecule has 1 aromatic carbocycles. The minimum Gasteiger partial charge on any atom is -0.494 e. The maximum atomic E-state index is 10.5. The zero-order valence-corrected chi connectivity index (χ0v) is 18.5. The van der Waals surface area contributed by atoms with Gasteiger partial charge in [0, 0.05) is 22.9 Å². The first kappa shape index (κ1) is 22.5. The van der Waals surface area contributed by atoms with Crippen molar-refractivity contribution in [1.29, 1.82) is 0 Å². The van der Waals surface area contributed by atoms with Crippen molar-refractivity contribution >= 4 is 17.6 Å². The second-order valence-corrected chi connectivity index (χ2v) is 8.53. The van der Waals surface area contributed by atoms with Gasteiger partial charge in [0.2, 0.25) is 0 Å². The molecule has 0 saturated heterocycles. The first-order valence-electron chi connectivity index (χ1n) is 11.0. The van der Waals surface area contributed by atoms with Crippen molar-refractivity contribution in [3.05, 3.63) is 40.7 Å². The van der Waals surface area contributed by atoms with E-state index in [1.165, 1.54) is 0 Å². The number of ether oxygens (including phenoxy) is 1. The van der Waals surface area contributed by atoms with Crippen LogP contribution in [0.25, 0.3) is 11.1 Å². The van der Waals surface area contributed by atoms with E-state index in [0.29, 0.717) is 5.92 Å². The van der Waals surface area contributed by atoms with Crippen LogP contribution in [0.2, 0.25) is 5.02 Å². The van der Waals surface area contributed by atoms with E-state index in [1.807, 2.05) is 24.3 Å². The molecule has 1 N–H and O–H groups in total. The van der Waals surface area contributed by atoms with E-state index >= 15 is 0 Å². The Bertz CT molecular complexity index is 835. The maximum absolute atomic E-state index is 10.5. The average molecular weight is 431 g/mol. The van der Waals surface area contributed by atoms with Crippen LogP contribution in [0.1, 0.15) is 81.5 Å². The van der Waals surface area contributed by atoms with Crippen LogP contribution in [0, 0.1) is 0 Å². The lowest BCUT2D eigenvalue weighted by atomic mass is 9.98. The van der Waals surface area contributed by atoms with Crippen LogP contribution in [0.15, 0.2) is 24.3 Å². The zero-order chi connectivity index (χ0) is 21.3. The van der Waals surface area contributed by atoms with Gasteiger partial charge in [-0.3, -0.25) is 4.79 Å². The molecule has 2 aromatic rings. The number of methoxy groups -OCH3 is 1. The number of nitrogens with zero attached hydrogens (tertiary/aromatic N) is 2. The third-order valence-electron chi connectivity index (χ3n) is 5.63. The van der Waals surface area contributed by atoms with E-state index < -0.39 is 5.97 Å². The maximum Gasteiger partial charge on any atom is 0.303 e. The fourth-order valence-corrected chi connectivity index (χ4v) is 3.97. The second-order valence-electron chi connectivity index (χ2n) is 8.09. The Morgan fingerprint density at radius 2 is 1.67 bits per heavy atom. The van der Waals surface area contributed by atoms with Gasteiger partial charge < -0.3 is 9.84 Å². The highest BCUT2D eigenvalue weighted by Gasteiger charge is 2.31. The number of carboxylic acids is 1. The lowest BCUT2D eigenvalue weighted by Crippen LogP contribution is -2.05. The summed E-state index contributed by atoms with van der Waals surface area (Å²) in [6, 6.07) is 7.87. The van der Waals surface area contributed by atoms with Gasteiger partial charge in [-0.05, 0) is 49.8 Å². The predicted molar refractivity (Wildman–Crippen MR) is 119 cm³/mol. The molecule has 0 atom stereocenters. The molecular weight excluding hydrogens is 400 g/mol. The number of aliphatic carboxylic acids is 1. The number of hydrogen-bond donors (Lipinski definition) is 1. The standard InChI is InChI=1S/C24H31ClN2O3/c1-30-24-20(9-7-5-3-2-4-6-8-10-21(28)29)26-27-23(18-11-12-18)22(24)17-13-15-19(25)16-14-17/h13-16,18H,2-12H2,1H3,(H,28,29). The van der Waals surface area contributed by atoms with Crippen LogP contribution in [0.3, 0.4) is 0 Å². The van der Waals surface area contributed by atoms with E-state index in [-0.39, 0.29) is 6.42 Å². The summed E-state index contributed by atoms with van der Waals surface area (Å²) in [5, 5.41) is 18.5. The molecule has 0 radical (unpaired) electrons. The molecular formula is C24H31ClN2O3. The van der Waals surface area contributed by atoms with Crippen molar-refractivity contribution in [1.82, 2.24) is 10.2 Å². The van der Waals surface area contributed by atoms with E-state index in [0.717, 1.165) is 97.5 Å². The normalized spacial score (nSPS) is 13.4. The molecule has 1 saturated carbocycles. The first-order chi connectivity index (χ1) is 14.6. The van der Waals surface area contributed by atoms with Crippen molar-refractivity contribution in [2.45, 2.75) is 76.5 Å². The molecule has 1 aromatic heterocycles. The lowest BCUT2D eigenvalue weighted by molar-refractivity contribution is -0.137. The molecule has 0 aliphatic heterocycles. The van der Waals surface area contributed by atoms with E-state index in [1.54, 1.807) is 7.11 Å². The van der Waals surface area contributed by atoms with Crippen LogP contribution in [0.4, 0.5) is 0 Å². The first-order valence-corrected chi connectivity index (χ1v) is 11.4. The van der Waals surface area contributed by atoms with Crippen LogP contribution < -0.4 is 4.74 Å². The Labute approximate surface area is 183 Å². The number of unbranched alkanes of at least 4 members (excludes halogenated alkanes) is 6. The fraction of sp³-hybridized carbons (Fsp3) is 0.542. The molecule has 0 bridgehead atoms. The molecule has 5 nitrogen and oxygen atoms in total. The number of halogens is 1. The quantitative estimate of drug-likeness (QED) is 0.370. The SMILES string of the molecule is COc1c(CCCCCCCCCC(=O)O)nnc(C2CC2)c1-c1ccc(Cl)cc1. The average Bonchev–Trinajstić information content (AvgIpc) is 3.57. The summed E-state index contributed by atoms with van der Waals surface area (Å²) in [6.45, 7) is 0. The zero-order valence-electron chi connectivity index (χ0n) is 17.7. The van der Waals surface area contributed by atoms with E-state index in [4.69, 9.17) is 21.4 Å². The molecule has 162 valence electrons. The highest BCUT2D eigenvalue weighted by atomic mass is 35.5. The number of carbonyl (C=O) groups is 1.